The lowest BCUT2D eigenvalue weighted by Crippen LogP contribution is -2.40. The zero-order valence-corrected chi connectivity index (χ0v) is 20.2. The summed E-state index contributed by atoms with van der Waals surface area (Å²) in [5, 5.41) is 15.9. The average Bonchev–Trinajstić information content (AvgIpc) is 3.10. The Bertz CT molecular complexity index is 616. The van der Waals surface area contributed by atoms with Gasteiger partial charge in [0, 0.05) is 39.2 Å². The van der Waals surface area contributed by atoms with Crippen LogP contribution in [0.2, 0.25) is 0 Å². The molecule has 1 atom stereocenters. The minimum absolute atomic E-state index is 0. The predicted octanol–water partition coefficient (Wildman–Crippen LogP) is 3.28. The quantitative estimate of drug-likeness (QED) is 0.240. The van der Waals surface area contributed by atoms with Crippen LogP contribution >= 0.6 is 24.0 Å². The standard InChI is InChI=1S/C22H36N4O2.HI/c1-3-6-18(12-14-27)15-24-22(23-4-2)25-16-19-8-10-20(11-9-19)17-26-13-5-7-21(26)28;/h8-11,18,27H,3-7,12-17H2,1-2H3,(H2,23,24,25);1H. The first-order valence-corrected chi connectivity index (χ1v) is 10.6. The molecule has 1 unspecified atom stereocenters. The second kappa shape index (κ2) is 14.6. The number of nitrogens with one attached hydrogen (secondary N) is 2. The summed E-state index contributed by atoms with van der Waals surface area (Å²) in [6.45, 7) is 8.28. The van der Waals surface area contributed by atoms with E-state index in [0.717, 1.165) is 56.8 Å². The van der Waals surface area contributed by atoms with Crippen LogP contribution in [0.5, 0.6) is 0 Å². The molecule has 1 fully saturated rings. The molecule has 164 valence electrons. The van der Waals surface area contributed by atoms with Crippen molar-refractivity contribution in [3.63, 3.8) is 0 Å². The maximum absolute atomic E-state index is 11.8. The molecule has 0 bridgehead atoms. The van der Waals surface area contributed by atoms with Crippen molar-refractivity contribution < 1.29 is 9.90 Å². The van der Waals surface area contributed by atoms with E-state index in [-0.39, 0.29) is 36.5 Å². The molecule has 7 heteroatoms. The molecular weight excluding hydrogens is 479 g/mol. The maximum Gasteiger partial charge on any atom is 0.222 e. The van der Waals surface area contributed by atoms with Gasteiger partial charge in [-0.15, -0.1) is 24.0 Å². The first-order chi connectivity index (χ1) is 13.7. The van der Waals surface area contributed by atoms with Gasteiger partial charge in [0.2, 0.25) is 5.91 Å². The van der Waals surface area contributed by atoms with Crippen molar-refractivity contribution in [3.8, 4) is 0 Å². The number of hydrogen-bond donors (Lipinski definition) is 3. The van der Waals surface area contributed by atoms with Gasteiger partial charge in [-0.1, -0.05) is 37.6 Å². The fraction of sp³-hybridized carbons (Fsp3) is 0.636. The van der Waals surface area contributed by atoms with Crippen molar-refractivity contribution in [2.75, 3.05) is 26.2 Å². The highest BCUT2D eigenvalue weighted by Crippen LogP contribution is 2.15. The van der Waals surface area contributed by atoms with Gasteiger partial charge in [-0.3, -0.25) is 4.79 Å². The third-order valence-corrected chi connectivity index (χ3v) is 5.12. The minimum atomic E-state index is 0. The highest BCUT2D eigenvalue weighted by molar-refractivity contribution is 14.0. The van der Waals surface area contributed by atoms with E-state index in [9.17, 15) is 9.90 Å². The smallest absolute Gasteiger partial charge is 0.222 e. The summed E-state index contributed by atoms with van der Waals surface area (Å²) in [5.41, 5.74) is 2.31. The van der Waals surface area contributed by atoms with E-state index >= 15 is 0 Å². The first-order valence-electron chi connectivity index (χ1n) is 10.6. The van der Waals surface area contributed by atoms with E-state index in [1.54, 1.807) is 0 Å². The normalized spacial score (nSPS) is 15.2. The van der Waals surface area contributed by atoms with Gasteiger partial charge in [0.1, 0.15) is 0 Å². The van der Waals surface area contributed by atoms with Crippen molar-refractivity contribution in [1.82, 2.24) is 15.5 Å². The SMILES string of the molecule is CCCC(CCO)CNC(=NCc1ccc(CN2CCCC2=O)cc1)NCC.I. The van der Waals surface area contributed by atoms with E-state index < -0.39 is 0 Å². The van der Waals surface area contributed by atoms with Gasteiger partial charge in [-0.05, 0) is 43.2 Å². The van der Waals surface area contributed by atoms with Crippen molar-refractivity contribution in [2.45, 2.75) is 59.0 Å². The van der Waals surface area contributed by atoms with Gasteiger partial charge in [-0.2, -0.15) is 0 Å². The van der Waals surface area contributed by atoms with E-state index in [1.807, 2.05) is 4.90 Å². The Balaban J connectivity index is 0.00000420. The Hall–Kier alpha value is -1.35. The predicted molar refractivity (Wildman–Crippen MR) is 129 cm³/mol. The fourth-order valence-electron chi connectivity index (χ4n) is 3.53. The summed E-state index contributed by atoms with van der Waals surface area (Å²) in [6.07, 6.45) is 4.71. The number of carbonyl (C=O) groups is 1. The van der Waals surface area contributed by atoms with Crippen molar-refractivity contribution in [2.24, 2.45) is 10.9 Å². The van der Waals surface area contributed by atoms with Crippen LogP contribution in [-0.2, 0) is 17.9 Å². The molecule has 2 rings (SSSR count). The summed E-state index contributed by atoms with van der Waals surface area (Å²) in [6, 6.07) is 8.37. The lowest BCUT2D eigenvalue weighted by Gasteiger charge is -2.18. The largest absolute Gasteiger partial charge is 0.396 e. The van der Waals surface area contributed by atoms with E-state index in [2.05, 4.69) is 53.7 Å². The molecule has 6 nitrogen and oxygen atoms in total. The molecule has 0 radical (unpaired) electrons. The Morgan fingerprint density at radius 1 is 1.17 bits per heavy atom. The van der Waals surface area contributed by atoms with Gasteiger partial charge < -0.3 is 20.6 Å². The number of halogens is 1. The van der Waals surface area contributed by atoms with Crippen molar-refractivity contribution in [3.05, 3.63) is 35.4 Å². The third-order valence-electron chi connectivity index (χ3n) is 5.12. The molecule has 29 heavy (non-hydrogen) atoms. The van der Waals surface area contributed by atoms with Crippen molar-refractivity contribution >= 4 is 35.8 Å². The average molecular weight is 516 g/mol. The number of aliphatic hydroxyl groups excluding tert-OH is 1. The van der Waals surface area contributed by atoms with Crippen LogP contribution in [-0.4, -0.2) is 48.1 Å². The zero-order valence-electron chi connectivity index (χ0n) is 17.8. The summed E-state index contributed by atoms with van der Waals surface area (Å²) in [5.74, 6) is 1.54. The van der Waals surface area contributed by atoms with Gasteiger partial charge in [-0.25, -0.2) is 4.99 Å². The first kappa shape index (κ1) is 25.7. The summed E-state index contributed by atoms with van der Waals surface area (Å²) in [7, 11) is 0. The molecule has 0 aliphatic carbocycles. The Morgan fingerprint density at radius 2 is 1.90 bits per heavy atom. The number of hydrogen-bond acceptors (Lipinski definition) is 3. The number of aliphatic imine (C=N–C) groups is 1. The molecule has 0 saturated carbocycles. The number of carbonyl (C=O) groups excluding carboxylic acids is 1. The van der Waals surface area contributed by atoms with Gasteiger partial charge in [0.05, 0.1) is 6.54 Å². The Morgan fingerprint density at radius 3 is 2.48 bits per heavy atom. The summed E-state index contributed by atoms with van der Waals surface area (Å²) in [4.78, 5) is 18.4. The second-order valence-corrected chi connectivity index (χ2v) is 7.48. The second-order valence-electron chi connectivity index (χ2n) is 7.48. The lowest BCUT2D eigenvalue weighted by atomic mass is 10.0. The van der Waals surface area contributed by atoms with Crippen molar-refractivity contribution in [1.29, 1.82) is 0 Å². The van der Waals surface area contributed by atoms with Crippen LogP contribution in [0.3, 0.4) is 0 Å². The molecule has 1 saturated heterocycles. The molecule has 1 aromatic carbocycles. The number of benzene rings is 1. The number of rotatable bonds is 11. The Labute approximate surface area is 192 Å². The molecule has 3 N–H and O–H groups in total. The van der Waals surface area contributed by atoms with E-state index in [0.29, 0.717) is 25.4 Å². The van der Waals surface area contributed by atoms with Gasteiger partial charge in [0.25, 0.3) is 0 Å². The topological polar surface area (TPSA) is 77.0 Å². The molecule has 0 aromatic heterocycles. The van der Waals surface area contributed by atoms with Crippen LogP contribution in [0.15, 0.2) is 29.3 Å². The van der Waals surface area contributed by atoms with Crippen LogP contribution in [0.4, 0.5) is 0 Å². The summed E-state index contributed by atoms with van der Waals surface area (Å²) < 4.78 is 0. The van der Waals surface area contributed by atoms with Gasteiger partial charge >= 0.3 is 0 Å². The number of aliphatic hydroxyl groups is 1. The number of guanidine groups is 1. The minimum Gasteiger partial charge on any atom is -0.396 e. The Kier molecular flexibility index (Phi) is 12.9. The number of likely N-dealkylation sites (tertiary alicyclic amines) is 1. The molecule has 0 spiro atoms. The summed E-state index contributed by atoms with van der Waals surface area (Å²) >= 11 is 0. The molecule has 1 aliphatic rings. The zero-order chi connectivity index (χ0) is 20.2. The van der Waals surface area contributed by atoms with Crippen LogP contribution < -0.4 is 10.6 Å². The van der Waals surface area contributed by atoms with Crippen LogP contribution in [0.25, 0.3) is 0 Å². The molecule has 1 aliphatic heterocycles. The lowest BCUT2D eigenvalue weighted by molar-refractivity contribution is -0.128. The van der Waals surface area contributed by atoms with Crippen LogP contribution in [0.1, 0.15) is 57.1 Å². The highest BCUT2D eigenvalue weighted by Gasteiger charge is 2.19. The van der Waals surface area contributed by atoms with Crippen LogP contribution in [0, 0.1) is 5.92 Å². The monoisotopic (exact) mass is 516 g/mol. The van der Waals surface area contributed by atoms with E-state index in [1.165, 1.54) is 5.56 Å². The highest BCUT2D eigenvalue weighted by atomic mass is 127. The fourth-order valence-corrected chi connectivity index (χ4v) is 3.53. The molecule has 1 aromatic rings. The molecule has 1 amide bonds. The molecule has 1 heterocycles. The number of amides is 1. The number of nitrogens with zero attached hydrogens (tertiary/aromatic N) is 2. The van der Waals surface area contributed by atoms with E-state index in [4.69, 9.17) is 0 Å². The molecular formula is C22H37IN4O2. The van der Waals surface area contributed by atoms with Gasteiger partial charge in [0.15, 0.2) is 5.96 Å². The third kappa shape index (κ3) is 9.33. The maximum atomic E-state index is 11.8.